The molecule has 0 bridgehead atoms. The van der Waals surface area contributed by atoms with Gasteiger partial charge in [-0.3, -0.25) is 15.0 Å². The quantitative estimate of drug-likeness (QED) is 0.349. The number of non-ortho nitro benzene ring substituents is 1. The monoisotopic (exact) mass is 411 g/mol. The number of nitro benzene ring substituents is 1. The summed E-state index contributed by atoms with van der Waals surface area (Å²) in [5.41, 5.74) is 2.24. The number of piperazine rings is 1. The third-order valence-electron chi connectivity index (χ3n) is 4.98. The standard InChI is InChI=1S/C20H21N5O3S/c26-25(27)18-8-6-17(7-9-18)23-12-10-22(11-13-23)15-24-20(29)28-19(21-24)14-16-4-2-1-3-5-16/h1-9H,10-15H2. The Morgan fingerprint density at radius 3 is 2.38 bits per heavy atom. The number of benzene rings is 2. The van der Waals surface area contributed by atoms with Crippen LogP contribution in [0.15, 0.2) is 59.0 Å². The molecule has 0 amide bonds. The van der Waals surface area contributed by atoms with Gasteiger partial charge in [-0.15, -0.1) is 5.10 Å². The number of rotatable bonds is 6. The summed E-state index contributed by atoms with van der Waals surface area (Å²) in [6.07, 6.45) is 0.616. The molecule has 0 saturated carbocycles. The largest absolute Gasteiger partial charge is 0.414 e. The first-order valence-corrected chi connectivity index (χ1v) is 9.82. The fraction of sp³-hybridized carbons (Fsp3) is 0.300. The maximum Gasteiger partial charge on any atom is 0.288 e. The van der Waals surface area contributed by atoms with Gasteiger partial charge in [0.15, 0.2) is 0 Å². The molecule has 0 spiro atoms. The van der Waals surface area contributed by atoms with Gasteiger partial charge in [-0.2, -0.15) is 0 Å². The Morgan fingerprint density at radius 2 is 1.72 bits per heavy atom. The molecule has 0 aliphatic carbocycles. The molecule has 29 heavy (non-hydrogen) atoms. The predicted molar refractivity (Wildman–Crippen MR) is 111 cm³/mol. The average Bonchev–Trinajstić information content (AvgIpc) is 3.08. The van der Waals surface area contributed by atoms with E-state index >= 15 is 0 Å². The van der Waals surface area contributed by atoms with Crippen molar-refractivity contribution in [2.45, 2.75) is 13.1 Å². The summed E-state index contributed by atoms with van der Waals surface area (Å²) >= 11 is 5.33. The molecule has 0 atom stereocenters. The average molecular weight is 411 g/mol. The fourth-order valence-corrected chi connectivity index (χ4v) is 3.60. The number of hydrogen-bond acceptors (Lipinski definition) is 7. The van der Waals surface area contributed by atoms with Crippen molar-refractivity contribution in [1.82, 2.24) is 14.7 Å². The lowest BCUT2D eigenvalue weighted by Crippen LogP contribution is -2.46. The Morgan fingerprint density at radius 1 is 1.03 bits per heavy atom. The van der Waals surface area contributed by atoms with Gasteiger partial charge in [-0.05, 0) is 29.9 Å². The fourth-order valence-electron chi connectivity index (χ4n) is 3.40. The van der Waals surface area contributed by atoms with Crippen LogP contribution in [0.4, 0.5) is 11.4 Å². The number of anilines is 1. The van der Waals surface area contributed by atoms with Crippen molar-refractivity contribution in [3.8, 4) is 0 Å². The summed E-state index contributed by atoms with van der Waals surface area (Å²) in [5, 5.41) is 15.3. The van der Waals surface area contributed by atoms with E-state index in [1.54, 1.807) is 28.9 Å². The topological polar surface area (TPSA) is 80.6 Å². The van der Waals surface area contributed by atoms with Crippen LogP contribution in [-0.2, 0) is 13.1 Å². The van der Waals surface area contributed by atoms with Gasteiger partial charge in [0.05, 0.1) is 18.0 Å². The SMILES string of the molecule is O=[N+]([O-])c1ccc(N2CCN(Cn3nc(Cc4ccccc4)oc3=S)CC2)cc1. The summed E-state index contributed by atoms with van der Waals surface area (Å²) < 4.78 is 7.39. The summed E-state index contributed by atoms with van der Waals surface area (Å²) in [4.78, 5) is 15.3. The zero-order chi connectivity index (χ0) is 20.2. The lowest BCUT2D eigenvalue weighted by Gasteiger charge is -2.35. The molecular formula is C20H21N5O3S. The van der Waals surface area contributed by atoms with Crippen LogP contribution in [0.1, 0.15) is 11.5 Å². The summed E-state index contributed by atoms with van der Waals surface area (Å²) in [6, 6.07) is 16.7. The first kappa shape index (κ1) is 19.3. The molecule has 9 heteroatoms. The summed E-state index contributed by atoms with van der Waals surface area (Å²) in [6.45, 7) is 3.95. The predicted octanol–water partition coefficient (Wildman–Crippen LogP) is 3.48. The van der Waals surface area contributed by atoms with E-state index in [1.807, 2.05) is 30.3 Å². The highest BCUT2D eigenvalue weighted by Gasteiger charge is 2.19. The van der Waals surface area contributed by atoms with Crippen molar-refractivity contribution in [2.75, 3.05) is 31.1 Å². The van der Waals surface area contributed by atoms with E-state index in [1.165, 1.54) is 0 Å². The van der Waals surface area contributed by atoms with Crippen LogP contribution in [0.3, 0.4) is 0 Å². The zero-order valence-electron chi connectivity index (χ0n) is 15.8. The van der Waals surface area contributed by atoms with Crippen LogP contribution < -0.4 is 4.90 Å². The van der Waals surface area contributed by atoms with Crippen molar-refractivity contribution in [3.63, 3.8) is 0 Å². The maximum atomic E-state index is 10.8. The van der Waals surface area contributed by atoms with Crippen molar-refractivity contribution < 1.29 is 9.34 Å². The molecule has 2 heterocycles. The Balaban J connectivity index is 1.34. The number of nitrogens with zero attached hydrogens (tertiary/aromatic N) is 5. The van der Waals surface area contributed by atoms with E-state index in [2.05, 4.69) is 14.9 Å². The lowest BCUT2D eigenvalue weighted by molar-refractivity contribution is -0.384. The second-order valence-corrected chi connectivity index (χ2v) is 7.29. The molecule has 3 aromatic rings. The highest BCUT2D eigenvalue weighted by molar-refractivity contribution is 7.71. The van der Waals surface area contributed by atoms with Crippen molar-refractivity contribution >= 4 is 23.6 Å². The van der Waals surface area contributed by atoms with E-state index in [4.69, 9.17) is 16.6 Å². The Hall–Kier alpha value is -3.04. The number of hydrogen-bond donors (Lipinski definition) is 0. The van der Waals surface area contributed by atoms with E-state index in [0.717, 1.165) is 37.4 Å². The Kier molecular flexibility index (Phi) is 5.68. The summed E-state index contributed by atoms with van der Waals surface area (Å²) in [5.74, 6) is 0.616. The van der Waals surface area contributed by atoms with Gasteiger partial charge < -0.3 is 9.32 Å². The smallest absolute Gasteiger partial charge is 0.288 e. The molecule has 2 aromatic carbocycles. The highest BCUT2D eigenvalue weighted by atomic mass is 32.1. The van der Waals surface area contributed by atoms with Gasteiger partial charge in [0.25, 0.3) is 10.5 Å². The molecule has 1 fully saturated rings. The van der Waals surface area contributed by atoms with Gasteiger partial charge in [0.2, 0.25) is 5.89 Å². The minimum atomic E-state index is -0.380. The van der Waals surface area contributed by atoms with Crippen molar-refractivity contribution in [2.24, 2.45) is 0 Å². The molecule has 1 aliphatic rings. The first-order valence-electron chi connectivity index (χ1n) is 9.41. The molecule has 1 saturated heterocycles. The lowest BCUT2D eigenvalue weighted by atomic mass is 10.2. The molecular weight excluding hydrogens is 390 g/mol. The molecule has 8 nitrogen and oxygen atoms in total. The summed E-state index contributed by atoms with van der Waals surface area (Å²) in [7, 11) is 0. The van der Waals surface area contributed by atoms with Crippen LogP contribution in [0, 0.1) is 15.0 Å². The molecule has 1 aromatic heterocycles. The van der Waals surface area contributed by atoms with Crippen LogP contribution >= 0.6 is 12.2 Å². The minimum Gasteiger partial charge on any atom is -0.414 e. The Labute approximate surface area is 173 Å². The van der Waals surface area contributed by atoms with Crippen LogP contribution in [-0.4, -0.2) is 45.8 Å². The van der Waals surface area contributed by atoms with Gasteiger partial charge in [0.1, 0.15) is 0 Å². The maximum absolute atomic E-state index is 10.8. The molecule has 1 aliphatic heterocycles. The molecule has 0 radical (unpaired) electrons. The third-order valence-corrected chi connectivity index (χ3v) is 5.27. The van der Waals surface area contributed by atoms with E-state index in [-0.39, 0.29) is 10.6 Å². The normalized spacial score (nSPS) is 14.8. The third kappa shape index (κ3) is 4.69. The van der Waals surface area contributed by atoms with Gasteiger partial charge in [0, 0.05) is 44.0 Å². The molecule has 0 N–H and O–H groups in total. The number of aromatic nitrogens is 2. The zero-order valence-corrected chi connectivity index (χ0v) is 16.6. The van der Waals surface area contributed by atoms with Crippen molar-refractivity contribution in [1.29, 1.82) is 0 Å². The highest BCUT2D eigenvalue weighted by Crippen LogP contribution is 2.21. The Bertz CT molecular complexity index is 1020. The van der Waals surface area contributed by atoms with Gasteiger partial charge >= 0.3 is 0 Å². The number of nitro groups is 1. The van der Waals surface area contributed by atoms with Crippen LogP contribution in [0.2, 0.25) is 0 Å². The van der Waals surface area contributed by atoms with Gasteiger partial charge in [-0.1, -0.05) is 30.3 Å². The minimum absolute atomic E-state index is 0.110. The van der Waals surface area contributed by atoms with E-state index < -0.39 is 0 Å². The second-order valence-electron chi connectivity index (χ2n) is 6.94. The second kappa shape index (κ2) is 8.54. The van der Waals surface area contributed by atoms with E-state index in [0.29, 0.717) is 23.8 Å². The molecule has 150 valence electrons. The van der Waals surface area contributed by atoms with Crippen LogP contribution in [0.5, 0.6) is 0 Å². The van der Waals surface area contributed by atoms with E-state index in [9.17, 15) is 10.1 Å². The molecule has 0 unspecified atom stereocenters. The first-order chi connectivity index (χ1) is 14.1. The van der Waals surface area contributed by atoms with Crippen molar-refractivity contribution in [3.05, 3.63) is 81.0 Å². The van der Waals surface area contributed by atoms with Crippen LogP contribution in [0.25, 0.3) is 0 Å². The molecule has 4 rings (SSSR count). The van der Waals surface area contributed by atoms with Gasteiger partial charge in [-0.25, -0.2) is 4.68 Å².